The molecule has 2 bridgehead atoms. The van der Waals surface area contributed by atoms with Gasteiger partial charge >= 0.3 is 12.2 Å². The minimum atomic E-state index is -0.388. The van der Waals surface area contributed by atoms with Crippen LogP contribution in [0.1, 0.15) is 57.4 Å². The summed E-state index contributed by atoms with van der Waals surface area (Å²) in [6.07, 6.45) is 6.16. The van der Waals surface area contributed by atoms with Crippen LogP contribution in [0.4, 0.5) is 19.7 Å². The molecule has 0 N–H and O–H groups in total. The number of carbonyl (C=O) groups excluding carboxylic acids is 2. The van der Waals surface area contributed by atoms with E-state index in [1.165, 1.54) is 13.2 Å². The van der Waals surface area contributed by atoms with Crippen molar-refractivity contribution < 1.29 is 23.5 Å². The van der Waals surface area contributed by atoms with E-state index in [4.69, 9.17) is 9.47 Å². The molecule has 4 aliphatic heterocycles. The molecule has 8 heteroatoms. The van der Waals surface area contributed by atoms with Crippen molar-refractivity contribution in [3.8, 4) is 0 Å². The third-order valence-electron chi connectivity index (χ3n) is 8.30. The Bertz CT molecular complexity index is 903. The fourth-order valence-electron chi connectivity index (χ4n) is 6.67. The summed E-state index contributed by atoms with van der Waals surface area (Å²) in [5.41, 5.74) is 1.47. The molecule has 2 unspecified atom stereocenters. The lowest BCUT2D eigenvalue weighted by Gasteiger charge is -2.47. The predicted molar refractivity (Wildman–Crippen MR) is 122 cm³/mol. The standard InChI is InChI=1S/C25H34FN3O4/c1-3-12-33-24(31)29-18-5-6-19(29)15-20(14-18)27-10-8-25(9-11-27)16-28(23(30)32-2)22-7-4-17(26)13-21(22)25/h4,7,13,18-20H,3,5-6,8-12,14-16H2,1-2H3. The number of likely N-dealkylation sites (tertiary alicyclic amines) is 1. The molecule has 2 atom stereocenters. The normalized spacial score (nSPS) is 28.2. The number of fused-ring (bicyclic) bond motifs is 4. The summed E-state index contributed by atoms with van der Waals surface area (Å²) in [5, 5.41) is 0. The minimum Gasteiger partial charge on any atom is -0.452 e. The number of rotatable bonds is 3. The molecular weight excluding hydrogens is 425 g/mol. The maximum absolute atomic E-state index is 14.2. The number of carbonyl (C=O) groups is 2. The summed E-state index contributed by atoms with van der Waals surface area (Å²) in [4.78, 5) is 31.2. The highest BCUT2D eigenvalue weighted by atomic mass is 19.1. The molecule has 3 saturated heterocycles. The Balaban J connectivity index is 1.26. The summed E-state index contributed by atoms with van der Waals surface area (Å²) >= 11 is 0. The van der Waals surface area contributed by atoms with E-state index < -0.39 is 0 Å². The number of benzene rings is 1. The first-order valence-corrected chi connectivity index (χ1v) is 12.3. The van der Waals surface area contributed by atoms with Crippen LogP contribution in [0.3, 0.4) is 0 Å². The minimum absolute atomic E-state index is 0.145. The highest BCUT2D eigenvalue weighted by Gasteiger charge is 2.50. The van der Waals surface area contributed by atoms with E-state index in [9.17, 15) is 14.0 Å². The molecule has 180 valence electrons. The van der Waals surface area contributed by atoms with Crippen LogP contribution in [0.5, 0.6) is 0 Å². The maximum atomic E-state index is 14.2. The van der Waals surface area contributed by atoms with E-state index in [0.717, 1.165) is 69.3 Å². The molecule has 3 fully saturated rings. The first-order valence-electron chi connectivity index (χ1n) is 12.3. The summed E-state index contributed by atoms with van der Waals surface area (Å²) in [7, 11) is 1.39. The van der Waals surface area contributed by atoms with Crippen LogP contribution >= 0.6 is 0 Å². The SMILES string of the molecule is CCCOC(=O)N1C2CCC1CC(N1CCC3(CC1)CN(C(=O)OC)c1ccc(F)cc13)C2. The molecule has 0 aliphatic carbocycles. The second kappa shape index (κ2) is 8.78. The van der Waals surface area contributed by atoms with Crippen molar-refractivity contribution in [3.05, 3.63) is 29.6 Å². The number of hydrogen-bond donors (Lipinski definition) is 0. The van der Waals surface area contributed by atoms with E-state index >= 15 is 0 Å². The van der Waals surface area contributed by atoms with Crippen molar-refractivity contribution in [2.24, 2.45) is 0 Å². The van der Waals surface area contributed by atoms with Gasteiger partial charge in [0, 0.05) is 30.1 Å². The van der Waals surface area contributed by atoms with Gasteiger partial charge in [0.1, 0.15) is 5.82 Å². The number of piperidine rings is 2. The molecule has 1 aromatic rings. The largest absolute Gasteiger partial charge is 0.452 e. The topological polar surface area (TPSA) is 62.3 Å². The van der Waals surface area contributed by atoms with Gasteiger partial charge in [0.15, 0.2) is 0 Å². The monoisotopic (exact) mass is 459 g/mol. The van der Waals surface area contributed by atoms with Crippen molar-refractivity contribution >= 4 is 17.9 Å². The summed E-state index contributed by atoms with van der Waals surface area (Å²) < 4.78 is 24.6. The zero-order valence-electron chi connectivity index (χ0n) is 19.6. The molecule has 0 radical (unpaired) electrons. The third-order valence-corrected chi connectivity index (χ3v) is 8.30. The van der Waals surface area contributed by atoms with Crippen LogP contribution < -0.4 is 4.90 Å². The molecule has 4 aliphatic rings. The Labute approximate surface area is 194 Å². The zero-order valence-corrected chi connectivity index (χ0v) is 19.6. The Morgan fingerprint density at radius 3 is 2.42 bits per heavy atom. The Morgan fingerprint density at radius 2 is 1.79 bits per heavy atom. The van der Waals surface area contributed by atoms with Gasteiger partial charge in [0.05, 0.1) is 19.4 Å². The molecule has 4 heterocycles. The fraction of sp³-hybridized carbons (Fsp3) is 0.680. The van der Waals surface area contributed by atoms with Gasteiger partial charge in [0.25, 0.3) is 0 Å². The lowest BCUT2D eigenvalue weighted by Crippen LogP contribution is -2.55. The van der Waals surface area contributed by atoms with Gasteiger partial charge in [-0.1, -0.05) is 6.92 Å². The molecule has 5 rings (SSSR count). The quantitative estimate of drug-likeness (QED) is 0.675. The first kappa shape index (κ1) is 22.4. The fourth-order valence-corrected chi connectivity index (χ4v) is 6.67. The van der Waals surface area contributed by atoms with Crippen LogP contribution in [0, 0.1) is 5.82 Å². The maximum Gasteiger partial charge on any atom is 0.414 e. The van der Waals surface area contributed by atoms with Gasteiger partial charge in [-0.25, -0.2) is 14.0 Å². The molecule has 7 nitrogen and oxygen atoms in total. The van der Waals surface area contributed by atoms with Crippen LogP contribution in [-0.4, -0.2) is 73.5 Å². The van der Waals surface area contributed by atoms with E-state index in [2.05, 4.69) is 4.90 Å². The van der Waals surface area contributed by atoms with Crippen LogP contribution in [0.15, 0.2) is 18.2 Å². The second-order valence-corrected chi connectivity index (χ2v) is 10.1. The number of anilines is 1. The zero-order chi connectivity index (χ0) is 23.2. The van der Waals surface area contributed by atoms with Gasteiger partial charge in [0.2, 0.25) is 0 Å². The second-order valence-electron chi connectivity index (χ2n) is 10.1. The van der Waals surface area contributed by atoms with Crippen LogP contribution in [0.2, 0.25) is 0 Å². The van der Waals surface area contributed by atoms with E-state index in [1.807, 2.05) is 11.8 Å². The lowest BCUT2D eigenvalue weighted by molar-refractivity contribution is 0.0267. The van der Waals surface area contributed by atoms with Gasteiger partial charge in [-0.2, -0.15) is 0 Å². The Hall–Kier alpha value is -2.35. The first-order chi connectivity index (χ1) is 16.0. The van der Waals surface area contributed by atoms with Crippen molar-refractivity contribution in [2.75, 3.05) is 38.3 Å². The molecular formula is C25H34FN3O4. The third kappa shape index (κ3) is 3.86. The van der Waals surface area contributed by atoms with Crippen molar-refractivity contribution in [2.45, 2.75) is 75.4 Å². The van der Waals surface area contributed by atoms with Gasteiger partial charge in [-0.3, -0.25) is 4.90 Å². The number of hydrogen-bond acceptors (Lipinski definition) is 5. The molecule has 1 aromatic carbocycles. The predicted octanol–water partition coefficient (Wildman–Crippen LogP) is 4.29. The highest BCUT2D eigenvalue weighted by Crippen LogP contribution is 2.48. The van der Waals surface area contributed by atoms with Gasteiger partial charge in [-0.05, 0) is 81.8 Å². The van der Waals surface area contributed by atoms with E-state index in [1.54, 1.807) is 17.0 Å². The van der Waals surface area contributed by atoms with Crippen LogP contribution in [-0.2, 0) is 14.9 Å². The highest BCUT2D eigenvalue weighted by molar-refractivity contribution is 5.91. The lowest BCUT2D eigenvalue weighted by atomic mass is 9.73. The Kier molecular flexibility index (Phi) is 5.97. The smallest absolute Gasteiger partial charge is 0.414 e. The molecule has 33 heavy (non-hydrogen) atoms. The number of halogens is 1. The summed E-state index contributed by atoms with van der Waals surface area (Å²) in [5.74, 6) is -0.263. The number of nitrogens with zero attached hydrogens (tertiary/aromatic N) is 3. The van der Waals surface area contributed by atoms with Crippen molar-refractivity contribution in [3.63, 3.8) is 0 Å². The molecule has 0 saturated carbocycles. The summed E-state index contributed by atoms with van der Waals surface area (Å²) in [6, 6.07) is 5.72. The van der Waals surface area contributed by atoms with E-state index in [0.29, 0.717) is 19.2 Å². The number of ether oxygens (including phenoxy) is 2. The number of methoxy groups -OCH3 is 1. The Morgan fingerprint density at radius 1 is 1.09 bits per heavy atom. The van der Waals surface area contributed by atoms with Crippen LogP contribution in [0.25, 0.3) is 0 Å². The van der Waals surface area contributed by atoms with E-state index in [-0.39, 0.29) is 35.5 Å². The molecule has 2 amide bonds. The number of amides is 2. The van der Waals surface area contributed by atoms with Crippen molar-refractivity contribution in [1.82, 2.24) is 9.80 Å². The summed E-state index contributed by atoms with van der Waals surface area (Å²) in [6.45, 7) is 4.86. The van der Waals surface area contributed by atoms with Crippen molar-refractivity contribution in [1.29, 1.82) is 0 Å². The van der Waals surface area contributed by atoms with Gasteiger partial charge in [-0.15, -0.1) is 0 Å². The molecule has 1 spiro atoms. The average molecular weight is 460 g/mol. The average Bonchev–Trinajstić information content (AvgIpc) is 3.28. The molecule has 0 aromatic heterocycles. The van der Waals surface area contributed by atoms with Gasteiger partial charge < -0.3 is 19.3 Å².